The van der Waals surface area contributed by atoms with Crippen molar-refractivity contribution in [1.82, 2.24) is 9.78 Å². The van der Waals surface area contributed by atoms with Gasteiger partial charge in [-0.2, -0.15) is 5.10 Å². The Morgan fingerprint density at radius 3 is 2.32 bits per heavy atom. The largest absolute Gasteiger partial charge is 0.322 e. The molecule has 0 saturated carbocycles. The van der Waals surface area contributed by atoms with E-state index in [4.69, 9.17) is 11.6 Å². The van der Waals surface area contributed by atoms with E-state index in [1.54, 1.807) is 4.68 Å². The standard InChI is InChI=1S/C26H24ClN3O/c1-18-12-14-21(15-13-18)17-30-25(27)24(19(2)29-30)26(31)28-23-11-7-6-10-22(23)16-20-8-4-3-5-9-20/h3-15H,16-17H2,1-2H3,(H,28,31). The van der Waals surface area contributed by atoms with Gasteiger partial charge in [0.25, 0.3) is 5.91 Å². The number of carbonyl (C=O) groups is 1. The van der Waals surface area contributed by atoms with Crippen LogP contribution in [0.5, 0.6) is 0 Å². The van der Waals surface area contributed by atoms with Crippen molar-refractivity contribution in [3.63, 3.8) is 0 Å². The molecule has 0 unspecified atom stereocenters. The molecule has 0 aliphatic heterocycles. The molecule has 5 heteroatoms. The number of hydrogen-bond acceptors (Lipinski definition) is 2. The smallest absolute Gasteiger partial charge is 0.260 e. The highest BCUT2D eigenvalue weighted by Gasteiger charge is 2.21. The summed E-state index contributed by atoms with van der Waals surface area (Å²) >= 11 is 6.58. The van der Waals surface area contributed by atoms with Crippen molar-refractivity contribution in [3.8, 4) is 0 Å². The van der Waals surface area contributed by atoms with E-state index in [0.29, 0.717) is 23.0 Å². The minimum atomic E-state index is -0.252. The number of aromatic nitrogens is 2. The maximum Gasteiger partial charge on any atom is 0.260 e. The van der Waals surface area contributed by atoms with Gasteiger partial charge in [-0.05, 0) is 43.0 Å². The molecule has 0 aliphatic carbocycles. The summed E-state index contributed by atoms with van der Waals surface area (Å²) in [4.78, 5) is 13.1. The average Bonchev–Trinajstić information content (AvgIpc) is 3.05. The highest BCUT2D eigenvalue weighted by atomic mass is 35.5. The molecular weight excluding hydrogens is 406 g/mol. The number of nitrogens with zero attached hydrogens (tertiary/aromatic N) is 2. The summed E-state index contributed by atoms with van der Waals surface area (Å²) in [6.45, 7) is 4.37. The van der Waals surface area contributed by atoms with Gasteiger partial charge in [0.1, 0.15) is 5.15 Å². The topological polar surface area (TPSA) is 46.9 Å². The Morgan fingerprint density at radius 2 is 1.58 bits per heavy atom. The predicted octanol–water partition coefficient (Wildman–Crippen LogP) is 6.04. The van der Waals surface area contributed by atoms with Crippen molar-refractivity contribution in [2.24, 2.45) is 0 Å². The summed E-state index contributed by atoms with van der Waals surface area (Å²) in [5.41, 5.74) is 6.29. The van der Waals surface area contributed by atoms with Crippen LogP contribution in [0.3, 0.4) is 0 Å². The van der Waals surface area contributed by atoms with Crippen molar-refractivity contribution in [2.75, 3.05) is 5.32 Å². The first-order valence-electron chi connectivity index (χ1n) is 10.2. The lowest BCUT2D eigenvalue weighted by Crippen LogP contribution is -2.14. The van der Waals surface area contributed by atoms with Crippen LogP contribution in [-0.4, -0.2) is 15.7 Å². The van der Waals surface area contributed by atoms with Gasteiger partial charge >= 0.3 is 0 Å². The van der Waals surface area contributed by atoms with Gasteiger partial charge in [0, 0.05) is 5.69 Å². The predicted molar refractivity (Wildman–Crippen MR) is 126 cm³/mol. The first kappa shape index (κ1) is 20.9. The van der Waals surface area contributed by atoms with Gasteiger partial charge < -0.3 is 5.32 Å². The minimum Gasteiger partial charge on any atom is -0.322 e. The van der Waals surface area contributed by atoms with Crippen molar-refractivity contribution < 1.29 is 4.79 Å². The summed E-state index contributed by atoms with van der Waals surface area (Å²) < 4.78 is 1.67. The van der Waals surface area contributed by atoms with Crippen LogP contribution in [0.15, 0.2) is 78.9 Å². The number of nitrogens with one attached hydrogen (secondary N) is 1. The Bertz CT molecular complexity index is 1200. The molecule has 4 nitrogen and oxygen atoms in total. The molecule has 0 spiro atoms. The molecule has 156 valence electrons. The summed E-state index contributed by atoms with van der Waals surface area (Å²) in [6, 6.07) is 26.2. The maximum absolute atomic E-state index is 13.1. The lowest BCUT2D eigenvalue weighted by atomic mass is 10.0. The molecule has 31 heavy (non-hydrogen) atoms. The fraction of sp³-hybridized carbons (Fsp3) is 0.154. The minimum absolute atomic E-state index is 0.252. The molecule has 4 rings (SSSR count). The second kappa shape index (κ2) is 9.19. The van der Waals surface area contributed by atoms with Gasteiger partial charge in [0.15, 0.2) is 0 Å². The fourth-order valence-electron chi connectivity index (χ4n) is 3.58. The maximum atomic E-state index is 13.1. The van der Waals surface area contributed by atoms with Gasteiger partial charge in [0.2, 0.25) is 0 Å². The molecule has 0 radical (unpaired) electrons. The number of halogens is 1. The van der Waals surface area contributed by atoms with Crippen molar-refractivity contribution >= 4 is 23.2 Å². The molecule has 0 fully saturated rings. The van der Waals surface area contributed by atoms with Crippen LogP contribution in [0, 0.1) is 13.8 Å². The molecule has 4 aromatic rings. The Hall–Kier alpha value is -3.37. The van der Waals surface area contributed by atoms with Gasteiger partial charge in [-0.3, -0.25) is 4.79 Å². The molecule has 0 saturated heterocycles. The molecule has 3 aromatic carbocycles. The third-order valence-corrected chi connectivity index (χ3v) is 5.63. The van der Waals surface area contributed by atoms with Gasteiger partial charge in [-0.15, -0.1) is 0 Å². The zero-order valence-corrected chi connectivity index (χ0v) is 18.4. The molecule has 1 heterocycles. The third kappa shape index (κ3) is 4.86. The average molecular weight is 430 g/mol. The molecule has 0 atom stereocenters. The number of hydrogen-bond donors (Lipinski definition) is 1. The Balaban J connectivity index is 1.56. The van der Waals surface area contributed by atoms with Crippen molar-refractivity contribution in [2.45, 2.75) is 26.8 Å². The van der Waals surface area contributed by atoms with Crippen LogP contribution in [-0.2, 0) is 13.0 Å². The lowest BCUT2D eigenvalue weighted by Gasteiger charge is -2.11. The van der Waals surface area contributed by atoms with Gasteiger partial charge in [-0.1, -0.05) is 90.0 Å². The van der Waals surface area contributed by atoms with E-state index in [1.807, 2.05) is 68.4 Å². The van der Waals surface area contributed by atoms with Crippen LogP contribution in [0.25, 0.3) is 0 Å². The number of amides is 1. The Morgan fingerprint density at radius 1 is 0.903 bits per heavy atom. The second-order valence-corrected chi connectivity index (χ2v) is 8.03. The summed E-state index contributed by atoms with van der Waals surface area (Å²) in [6.07, 6.45) is 0.733. The fourth-order valence-corrected chi connectivity index (χ4v) is 3.90. The Labute approximate surface area is 187 Å². The molecule has 1 N–H and O–H groups in total. The number of rotatable bonds is 6. The number of anilines is 1. The van der Waals surface area contributed by atoms with Crippen LogP contribution in [0.4, 0.5) is 5.69 Å². The van der Waals surface area contributed by atoms with Crippen molar-refractivity contribution in [3.05, 3.63) is 118 Å². The second-order valence-electron chi connectivity index (χ2n) is 7.67. The normalized spacial score (nSPS) is 10.8. The number of benzene rings is 3. The first-order chi connectivity index (χ1) is 15.0. The van der Waals surface area contributed by atoms with Gasteiger partial charge in [0.05, 0.1) is 17.8 Å². The monoisotopic (exact) mass is 429 g/mol. The number of carbonyl (C=O) groups excluding carboxylic acids is 1. The quantitative estimate of drug-likeness (QED) is 0.406. The third-order valence-electron chi connectivity index (χ3n) is 5.25. The van der Waals surface area contributed by atoms with Crippen LogP contribution < -0.4 is 5.32 Å². The summed E-state index contributed by atoms with van der Waals surface area (Å²) in [5, 5.41) is 7.88. The highest BCUT2D eigenvalue weighted by Crippen LogP contribution is 2.25. The van der Waals surface area contributed by atoms with Crippen LogP contribution in [0.1, 0.15) is 38.3 Å². The van der Waals surface area contributed by atoms with Crippen molar-refractivity contribution in [1.29, 1.82) is 0 Å². The van der Waals surface area contributed by atoms with E-state index >= 15 is 0 Å². The summed E-state index contributed by atoms with van der Waals surface area (Å²) in [7, 11) is 0. The number of para-hydroxylation sites is 1. The molecule has 0 aliphatic rings. The lowest BCUT2D eigenvalue weighted by molar-refractivity contribution is 0.102. The molecular formula is C26H24ClN3O. The van der Waals surface area contributed by atoms with Crippen LogP contribution >= 0.6 is 11.6 Å². The summed E-state index contributed by atoms with van der Waals surface area (Å²) in [5.74, 6) is -0.252. The highest BCUT2D eigenvalue weighted by molar-refractivity contribution is 6.33. The molecule has 0 bridgehead atoms. The van der Waals surface area contributed by atoms with E-state index < -0.39 is 0 Å². The van der Waals surface area contributed by atoms with E-state index in [-0.39, 0.29) is 5.91 Å². The van der Waals surface area contributed by atoms with E-state index in [0.717, 1.165) is 23.2 Å². The zero-order valence-electron chi connectivity index (χ0n) is 17.6. The zero-order chi connectivity index (χ0) is 21.8. The van der Waals surface area contributed by atoms with Gasteiger partial charge in [-0.25, -0.2) is 4.68 Å². The van der Waals surface area contributed by atoms with E-state index in [1.165, 1.54) is 11.1 Å². The first-order valence-corrected chi connectivity index (χ1v) is 10.6. The van der Waals surface area contributed by atoms with E-state index in [9.17, 15) is 4.79 Å². The SMILES string of the molecule is Cc1ccc(Cn2nc(C)c(C(=O)Nc3ccccc3Cc3ccccc3)c2Cl)cc1. The molecule has 1 amide bonds. The van der Waals surface area contributed by atoms with Crippen LogP contribution in [0.2, 0.25) is 5.15 Å². The number of aryl methyl sites for hydroxylation is 2. The van der Waals surface area contributed by atoms with E-state index in [2.05, 4.69) is 34.7 Å². The molecule has 1 aromatic heterocycles. The Kier molecular flexibility index (Phi) is 6.19.